The number of ether oxygens (including phenoxy) is 1. The minimum atomic E-state index is -0.707. The summed E-state index contributed by atoms with van der Waals surface area (Å²) in [5, 5.41) is 2.84. The summed E-state index contributed by atoms with van der Waals surface area (Å²) in [5.74, 6) is -0.108. The van der Waals surface area contributed by atoms with Gasteiger partial charge in [0.1, 0.15) is 10.6 Å². The number of hydrogen-bond acceptors (Lipinski definition) is 3. The summed E-state index contributed by atoms with van der Waals surface area (Å²) in [4.78, 5) is 12.4. The molecule has 0 saturated carbocycles. The van der Waals surface area contributed by atoms with Crippen LogP contribution in [0.2, 0.25) is 0 Å². The van der Waals surface area contributed by atoms with Gasteiger partial charge in [0.05, 0.1) is 0 Å². The van der Waals surface area contributed by atoms with E-state index in [1.807, 2.05) is 6.92 Å². The van der Waals surface area contributed by atoms with Gasteiger partial charge in [-0.05, 0) is 44.0 Å². The van der Waals surface area contributed by atoms with Gasteiger partial charge in [-0.2, -0.15) is 0 Å². The Morgan fingerprint density at radius 3 is 2.61 bits per heavy atom. The number of amides is 1. The van der Waals surface area contributed by atoms with Crippen LogP contribution in [0.3, 0.4) is 0 Å². The number of nitrogens with one attached hydrogen (secondary N) is 1. The summed E-state index contributed by atoms with van der Waals surface area (Å²) in [6.45, 7) is 2.46. The maximum absolute atomic E-state index is 12.1. The molecule has 1 fully saturated rings. The Morgan fingerprint density at radius 2 is 2.11 bits per heavy atom. The molecular weight excluding hydrogens is 248 g/mol. The van der Waals surface area contributed by atoms with E-state index in [0.717, 1.165) is 24.1 Å². The second-order valence-corrected chi connectivity index (χ2v) is 5.02. The van der Waals surface area contributed by atoms with Crippen molar-refractivity contribution in [3.63, 3.8) is 0 Å². The number of benzene rings is 1. The standard InChI is InChI=1S/C13H16N2O2S/c1-13(7-2-8-17-13)12(16)15-10-5-3-9(4-6-10)11(14)18/h3-6H,2,7-8H2,1H3,(H2,14,18)(H,15,16). The molecule has 0 aliphatic carbocycles. The van der Waals surface area contributed by atoms with Crippen molar-refractivity contribution in [3.8, 4) is 0 Å². The summed E-state index contributed by atoms with van der Waals surface area (Å²) in [6.07, 6.45) is 1.67. The van der Waals surface area contributed by atoms with Crippen LogP contribution in [0.1, 0.15) is 25.3 Å². The van der Waals surface area contributed by atoms with Crippen molar-refractivity contribution in [1.29, 1.82) is 0 Å². The van der Waals surface area contributed by atoms with Gasteiger partial charge in [0.2, 0.25) is 0 Å². The lowest BCUT2D eigenvalue weighted by Crippen LogP contribution is -2.39. The maximum atomic E-state index is 12.1. The highest BCUT2D eigenvalue weighted by molar-refractivity contribution is 7.80. The molecule has 4 nitrogen and oxygen atoms in total. The van der Waals surface area contributed by atoms with Crippen LogP contribution in [-0.2, 0) is 9.53 Å². The van der Waals surface area contributed by atoms with Crippen molar-refractivity contribution in [2.45, 2.75) is 25.4 Å². The van der Waals surface area contributed by atoms with Gasteiger partial charge in [0, 0.05) is 17.9 Å². The van der Waals surface area contributed by atoms with E-state index in [1.165, 1.54) is 0 Å². The first kappa shape index (κ1) is 13.0. The van der Waals surface area contributed by atoms with E-state index in [1.54, 1.807) is 24.3 Å². The van der Waals surface area contributed by atoms with Crippen LogP contribution in [0.25, 0.3) is 0 Å². The van der Waals surface area contributed by atoms with Gasteiger partial charge in [0.25, 0.3) is 5.91 Å². The van der Waals surface area contributed by atoms with E-state index in [-0.39, 0.29) is 5.91 Å². The molecule has 2 rings (SSSR count). The molecular formula is C13H16N2O2S. The highest BCUT2D eigenvalue weighted by atomic mass is 32.1. The minimum absolute atomic E-state index is 0.108. The molecule has 1 saturated heterocycles. The number of carbonyl (C=O) groups excluding carboxylic acids is 1. The lowest BCUT2D eigenvalue weighted by atomic mass is 10.0. The molecule has 1 unspecified atom stereocenters. The maximum Gasteiger partial charge on any atom is 0.256 e. The zero-order valence-corrected chi connectivity index (χ0v) is 11.0. The molecule has 18 heavy (non-hydrogen) atoms. The van der Waals surface area contributed by atoms with Crippen LogP contribution in [0.5, 0.6) is 0 Å². The fraction of sp³-hybridized carbons (Fsp3) is 0.385. The van der Waals surface area contributed by atoms with Crippen molar-refractivity contribution in [2.24, 2.45) is 5.73 Å². The van der Waals surface area contributed by atoms with E-state index >= 15 is 0 Å². The zero-order chi connectivity index (χ0) is 13.2. The predicted molar refractivity (Wildman–Crippen MR) is 74.6 cm³/mol. The van der Waals surface area contributed by atoms with Gasteiger partial charge in [0.15, 0.2) is 0 Å². The molecule has 1 aromatic rings. The quantitative estimate of drug-likeness (QED) is 0.817. The van der Waals surface area contributed by atoms with Gasteiger partial charge in [-0.3, -0.25) is 4.79 Å². The third-order valence-corrected chi connectivity index (χ3v) is 3.36. The number of hydrogen-bond donors (Lipinski definition) is 2. The van der Waals surface area contributed by atoms with E-state index < -0.39 is 5.60 Å². The summed E-state index contributed by atoms with van der Waals surface area (Å²) < 4.78 is 5.48. The molecule has 0 spiro atoms. The van der Waals surface area contributed by atoms with E-state index in [9.17, 15) is 4.79 Å². The number of thiocarbonyl (C=S) groups is 1. The highest BCUT2D eigenvalue weighted by Gasteiger charge is 2.37. The molecule has 1 amide bonds. The van der Waals surface area contributed by atoms with E-state index in [0.29, 0.717) is 11.6 Å². The Bertz CT molecular complexity index is 464. The molecule has 0 aromatic heterocycles. The number of rotatable bonds is 3. The Labute approximate surface area is 112 Å². The predicted octanol–water partition coefficient (Wildman–Crippen LogP) is 1.83. The summed E-state index contributed by atoms with van der Waals surface area (Å²) in [7, 11) is 0. The number of anilines is 1. The smallest absolute Gasteiger partial charge is 0.256 e. The third-order valence-electron chi connectivity index (χ3n) is 3.13. The highest BCUT2D eigenvalue weighted by Crippen LogP contribution is 2.26. The summed E-state index contributed by atoms with van der Waals surface area (Å²) in [5.41, 5.74) is 6.31. The first-order valence-electron chi connectivity index (χ1n) is 5.86. The molecule has 3 N–H and O–H groups in total. The van der Waals surface area contributed by atoms with E-state index in [2.05, 4.69) is 5.32 Å². The molecule has 0 radical (unpaired) electrons. The molecule has 1 heterocycles. The molecule has 0 bridgehead atoms. The Morgan fingerprint density at radius 1 is 1.44 bits per heavy atom. The van der Waals surface area contributed by atoms with Crippen molar-refractivity contribution in [1.82, 2.24) is 0 Å². The fourth-order valence-corrected chi connectivity index (χ4v) is 2.08. The van der Waals surface area contributed by atoms with Gasteiger partial charge in [-0.1, -0.05) is 12.2 Å². The lowest BCUT2D eigenvalue weighted by Gasteiger charge is -2.21. The zero-order valence-electron chi connectivity index (χ0n) is 10.2. The fourth-order valence-electron chi connectivity index (χ4n) is 1.94. The van der Waals surface area contributed by atoms with E-state index in [4.69, 9.17) is 22.7 Å². The number of carbonyl (C=O) groups is 1. The topological polar surface area (TPSA) is 64.4 Å². The van der Waals surface area contributed by atoms with Gasteiger partial charge in [-0.15, -0.1) is 0 Å². The Hall–Kier alpha value is -1.46. The van der Waals surface area contributed by atoms with Crippen molar-refractivity contribution < 1.29 is 9.53 Å². The van der Waals surface area contributed by atoms with Crippen LogP contribution in [0.4, 0.5) is 5.69 Å². The number of nitrogens with two attached hydrogens (primary N) is 1. The van der Waals surface area contributed by atoms with Gasteiger partial charge in [-0.25, -0.2) is 0 Å². The van der Waals surface area contributed by atoms with Gasteiger partial charge < -0.3 is 15.8 Å². The Balaban J connectivity index is 2.05. The minimum Gasteiger partial charge on any atom is -0.389 e. The lowest BCUT2D eigenvalue weighted by molar-refractivity contribution is -0.133. The molecule has 96 valence electrons. The third kappa shape index (κ3) is 2.68. The second kappa shape index (κ2) is 5.04. The first-order valence-corrected chi connectivity index (χ1v) is 6.27. The molecule has 1 aromatic carbocycles. The van der Waals surface area contributed by atoms with Crippen molar-refractivity contribution in [3.05, 3.63) is 29.8 Å². The average molecular weight is 264 g/mol. The summed E-state index contributed by atoms with van der Waals surface area (Å²) >= 11 is 4.87. The van der Waals surface area contributed by atoms with Crippen LogP contribution >= 0.6 is 12.2 Å². The van der Waals surface area contributed by atoms with Crippen molar-refractivity contribution >= 4 is 28.8 Å². The molecule has 1 aliphatic heterocycles. The first-order chi connectivity index (χ1) is 8.51. The van der Waals surface area contributed by atoms with Crippen molar-refractivity contribution in [2.75, 3.05) is 11.9 Å². The Kier molecular flexibility index (Phi) is 3.63. The SMILES string of the molecule is CC1(C(=O)Nc2ccc(C(N)=S)cc2)CCCO1. The molecule has 1 atom stereocenters. The molecule has 5 heteroatoms. The van der Waals surface area contributed by atoms with Gasteiger partial charge >= 0.3 is 0 Å². The average Bonchev–Trinajstić information content (AvgIpc) is 2.78. The summed E-state index contributed by atoms with van der Waals surface area (Å²) in [6, 6.07) is 7.14. The molecule has 1 aliphatic rings. The second-order valence-electron chi connectivity index (χ2n) is 4.58. The van der Waals surface area contributed by atoms with Crippen LogP contribution in [-0.4, -0.2) is 23.1 Å². The normalized spacial score (nSPS) is 22.7. The largest absolute Gasteiger partial charge is 0.389 e. The van der Waals surface area contributed by atoms with Crippen LogP contribution in [0, 0.1) is 0 Å². The monoisotopic (exact) mass is 264 g/mol. The van der Waals surface area contributed by atoms with Crippen LogP contribution < -0.4 is 11.1 Å². The van der Waals surface area contributed by atoms with Crippen LogP contribution in [0.15, 0.2) is 24.3 Å².